The molecule has 1 aromatic carbocycles. The molecule has 0 saturated heterocycles. The maximum absolute atomic E-state index is 10.7. The Morgan fingerprint density at radius 2 is 2.00 bits per heavy atom. The van der Waals surface area contributed by atoms with Crippen LogP contribution in [-0.4, -0.2) is 17.6 Å². The Bertz CT molecular complexity index is 286. The number of aromatic hydroxyl groups is 1. The van der Waals surface area contributed by atoms with Crippen LogP contribution in [0.3, 0.4) is 0 Å². The lowest BCUT2D eigenvalue weighted by molar-refractivity contribution is -0.151. The summed E-state index contributed by atoms with van der Waals surface area (Å²) in [5, 5.41) is 9.02. The van der Waals surface area contributed by atoms with Crippen LogP contribution in [0.1, 0.15) is 12.0 Å². The predicted octanol–water partition coefficient (Wildman–Crippen LogP) is 1.51. The lowest BCUT2D eigenvalue weighted by Gasteiger charge is -1.97. The molecule has 70 valence electrons. The molecule has 13 heavy (non-hydrogen) atoms. The second-order valence-corrected chi connectivity index (χ2v) is 4.39. The van der Waals surface area contributed by atoms with E-state index in [-0.39, 0.29) is 5.75 Å². The summed E-state index contributed by atoms with van der Waals surface area (Å²) in [7, 11) is -1.13. The maximum atomic E-state index is 10.7. The van der Waals surface area contributed by atoms with Gasteiger partial charge in [-0.25, -0.2) is 0 Å². The molecule has 0 saturated carbocycles. The smallest absolute Gasteiger partial charge is 0.115 e. The van der Waals surface area contributed by atoms with Crippen LogP contribution in [0, 0.1) is 0 Å². The number of hydrogen-bond donors (Lipinski definition) is 1. The third kappa shape index (κ3) is 4.07. The molecule has 0 aromatic heterocycles. The number of aryl methyl sites for hydroxylation is 1. The molecule has 0 amide bonds. The zero-order valence-electron chi connectivity index (χ0n) is 7.60. The minimum absolute atomic E-state index is 0.286. The summed E-state index contributed by atoms with van der Waals surface area (Å²) >= 11 is 0. The van der Waals surface area contributed by atoms with E-state index in [2.05, 4.69) is 0 Å². The zero-order valence-corrected chi connectivity index (χ0v) is 8.50. The van der Waals surface area contributed by atoms with Crippen LogP contribution in [0.4, 0.5) is 0 Å². The van der Waals surface area contributed by atoms with Crippen molar-refractivity contribution in [3.05, 3.63) is 29.8 Å². The molecule has 1 atom stereocenters. The highest BCUT2D eigenvalue weighted by molar-refractivity contribution is 7.49. The number of benzene rings is 1. The van der Waals surface area contributed by atoms with Gasteiger partial charge in [-0.3, -0.25) is 0 Å². The Balaban J connectivity index is 2.46. The average molecular weight is 196 g/mol. The Morgan fingerprint density at radius 3 is 2.54 bits per heavy atom. The van der Waals surface area contributed by atoms with Gasteiger partial charge in [0.25, 0.3) is 0 Å². The highest BCUT2D eigenvalue weighted by atomic mass is 31.1. The highest BCUT2D eigenvalue weighted by Crippen LogP contribution is 2.11. The van der Waals surface area contributed by atoms with Gasteiger partial charge >= 0.3 is 0 Å². The van der Waals surface area contributed by atoms with Crippen molar-refractivity contribution in [1.82, 2.24) is 0 Å². The maximum Gasteiger partial charge on any atom is 0.115 e. The van der Waals surface area contributed by atoms with Gasteiger partial charge in [-0.15, -0.1) is 0 Å². The second kappa shape index (κ2) is 5.00. The van der Waals surface area contributed by atoms with Crippen molar-refractivity contribution in [2.45, 2.75) is 12.8 Å². The quantitative estimate of drug-likeness (QED) is 0.745. The van der Waals surface area contributed by atoms with Crippen LogP contribution in [0.15, 0.2) is 24.3 Å². The van der Waals surface area contributed by atoms with Gasteiger partial charge in [0.1, 0.15) is 5.75 Å². The minimum Gasteiger partial charge on any atom is -0.631 e. The Labute approximate surface area is 79.3 Å². The number of phenols is 1. The first kappa shape index (κ1) is 10.2. The molecule has 1 rings (SSSR count). The van der Waals surface area contributed by atoms with Crippen LogP contribution < -0.4 is 4.89 Å². The summed E-state index contributed by atoms with van der Waals surface area (Å²) in [6.07, 6.45) is 1.71. The van der Waals surface area contributed by atoms with Crippen LogP contribution in [-0.2, 0) is 6.42 Å². The summed E-state index contributed by atoms with van der Waals surface area (Å²) in [6.45, 7) is 1.70. The lowest BCUT2D eigenvalue weighted by atomic mass is 10.1. The van der Waals surface area contributed by atoms with E-state index < -0.39 is 7.77 Å². The fourth-order valence-electron chi connectivity index (χ4n) is 1.08. The third-order valence-corrected chi connectivity index (χ3v) is 2.53. The molecule has 3 heteroatoms. The molecule has 2 nitrogen and oxygen atoms in total. The van der Waals surface area contributed by atoms with E-state index in [0.29, 0.717) is 0 Å². The van der Waals surface area contributed by atoms with Crippen molar-refractivity contribution in [2.24, 2.45) is 0 Å². The summed E-state index contributed by atoms with van der Waals surface area (Å²) in [5.41, 5.74) is 1.16. The van der Waals surface area contributed by atoms with Gasteiger partial charge in [0.05, 0.1) is 12.5 Å². The minimum atomic E-state index is -1.13. The van der Waals surface area contributed by atoms with Crippen LogP contribution in [0.25, 0.3) is 0 Å². The first-order valence-electron chi connectivity index (χ1n) is 4.19. The number of hydrogen-bond acceptors (Lipinski definition) is 2. The van der Waals surface area contributed by atoms with Gasteiger partial charge in [-0.1, -0.05) is 12.1 Å². The van der Waals surface area contributed by atoms with E-state index in [0.717, 1.165) is 18.4 Å². The number of phenolic OH excluding ortho intramolecular Hbond substituents is 1. The van der Waals surface area contributed by atoms with E-state index >= 15 is 0 Å². The van der Waals surface area contributed by atoms with Gasteiger partial charge in [-0.05, 0) is 24.1 Å². The Morgan fingerprint density at radius 1 is 1.38 bits per heavy atom. The summed E-state index contributed by atoms with van der Waals surface area (Å²) in [4.78, 5) is 10.7. The van der Waals surface area contributed by atoms with Crippen molar-refractivity contribution in [1.29, 1.82) is 0 Å². The second-order valence-electron chi connectivity index (χ2n) is 2.93. The number of rotatable bonds is 3. The standard InChI is InChI=1S/C10H13O2P/c1-13(12)8-2-3-9-4-6-10(11)7-5-9/h4-8,11H,2-3H2,1H3. The lowest BCUT2D eigenvalue weighted by Crippen LogP contribution is -1.90. The van der Waals surface area contributed by atoms with Crippen molar-refractivity contribution >= 4 is 13.6 Å². The third-order valence-electron chi connectivity index (χ3n) is 1.76. The van der Waals surface area contributed by atoms with Crippen molar-refractivity contribution in [3.63, 3.8) is 0 Å². The molecule has 0 spiro atoms. The van der Waals surface area contributed by atoms with Gasteiger partial charge in [-0.2, -0.15) is 0 Å². The van der Waals surface area contributed by atoms with Gasteiger partial charge in [0.15, 0.2) is 0 Å². The largest absolute Gasteiger partial charge is 0.631 e. The average Bonchev–Trinajstić information content (AvgIpc) is 2.08. The van der Waals surface area contributed by atoms with E-state index in [9.17, 15) is 4.89 Å². The first-order chi connectivity index (χ1) is 6.18. The molecule has 0 aliphatic heterocycles. The van der Waals surface area contributed by atoms with Crippen LogP contribution in [0.5, 0.6) is 5.75 Å². The van der Waals surface area contributed by atoms with Gasteiger partial charge in [0.2, 0.25) is 0 Å². The van der Waals surface area contributed by atoms with Crippen LogP contribution >= 0.6 is 7.77 Å². The molecule has 0 bridgehead atoms. The topological polar surface area (TPSA) is 43.3 Å². The monoisotopic (exact) mass is 196 g/mol. The molecular formula is C10H13O2P. The highest BCUT2D eigenvalue weighted by Gasteiger charge is 1.93. The van der Waals surface area contributed by atoms with Crippen LogP contribution in [0.2, 0.25) is 0 Å². The summed E-state index contributed by atoms with van der Waals surface area (Å²) < 4.78 is 0. The molecule has 0 aliphatic rings. The molecule has 1 N–H and O–H groups in total. The summed E-state index contributed by atoms with van der Waals surface area (Å²) in [5.74, 6) is 2.11. The normalized spacial score (nSPS) is 11.7. The predicted molar refractivity (Wildman–Crippen MR) is 55.3 cm³/mol. The first-order valence-corrected chi connectivity index (χ1v) is 5.97. The Kier molecular flexibility index (Phi) is 3.94. The fraction of sp³-hybridized carbons (Fsp3) is 0.300. The van der Waals surface area contributed by atoms with E-state index in [1.807, 2.05) is 17.9 Å². The molecule has 1 unspecified atom stereocenters. The van der Waals surface area contributed by atoms with Gasteiger partial charge in [0, 0.05) is 14.2 Å². The SMILES string of the molecule is C[P+]([O-])=CCCc1ccc(O)cc1. The van der Waals surface area contributed by atoms with Crippen molar-refractivity contribution in [2.75, 3.05) is 6.66 Å². The van der Waals surface area contributed by atoms with Gasteiger partial charge < -0.3 is 10.00 Å². The van der Waals surface area contributed by atoms with Crippen molar-refractivity contribution in [3.8, 4) is 5.75 Å². The molecule has 0 fully saturated rings. The van der Waals surface area contributed by atoms with Crippen molar-refractivity contribution < 1.29 is 10.00 Å². The molecular weight excluding hydrogens is 183 g/mol. The van der Waals surface area contributed by atoms with E-state index in [4.69, 9.17) is 5.11 Å². The summed E-state index contributed by atoms with van der Waals surface area (Å²) in [6, 6.07) is 7.10. The molecule has 0 heterocycles. The zero-order chi connectivity index (χ0) is 9.68. The molecule has 0 radical (unpaired) electrons. The van der Waals surface area contributed by atoms with E-state index in [1.165, 1.54) is 0 Å². The molecule has 1 aromatic rings. The molecule has 0 aliphatic carbocycles. The fourth-order valence-corrected chi connectivity index (χ4v) is 1.57. The Hall–Kier alpha value is -0.850. The van der Waals surface area contributed by atoms with E-state index in [1.54, 1.807) is 18.8 Å².